The van der Waals surface area contributed by atoms with E-state index in [1.165, 1.54) is 6.21 Å². The molecule has 0 amide bonds. The Kier molecular flexibility index (Phi) is 8.08. The van der Waals surface area contributed by atoms with Crippen LogP contribution in [0.3, 0.4) is 0 Å². The van der Waals surface area contributed by atoms with Gasteiger partial charge in [0, 0.05) is 6.54 Å². The molecule has 2 nitrogen and oxygen atoms in total. The number of nitrogens with two attached hydrogens (primary N) is 1. The fourth-order valence-electron chi connectivity index (χ4n) is 1.40. The van der Waals surface area contributed by atoms with Gasteiger partial charge in [-0.1, -0.05) is 27.7 Å². The lowest BCUT2D eigenvalue weighted by atomic mass is 9.97. The molecule has 0 saturated carbocycles. The standard InChI is InChI=1S/C13H25FN2/c1-10(2)8-16-9-13(14)12(11(3)4)6-5-7-15/h9-11H,5-8,15H2,1-4H3/b13-12-,16-9?. The molecular weight excluding hydrogens is 203 g/mol. The van der Waals surface area contributed by atoms with Gasteiger partial charge in [-0.05, 0) is 36.8 Å². The summed E-state index contributed by atoms with van der Waals surface area (Å²) in [6, 6.07) is 0. The molecule has 94 valence electrons. The van der Waals surface area contributed by atoms with Crippen molar-refractivity contribution in [3.8, 4) is 0 Å². The fraction of sp³-hybridized carbons (Fsp3) is 0.769. The Balaban J connectivity index is 4.50. The van der Waals surface area contributed by atoms with E-state index < -0.39 is 0 Å². The zero-order valence-electron chi connectivity index (χ0n) is 11.0. The summed E-state index contributed by atoms with van der Waals surface area (Å²) in [5, 5.41) is 0. The van der Waals surface area contributed by atoms with Gasteiger partial charge in [0.2, 0.25) is 0 Å². The smallest absolute Gasteiger partial charge is 0.140 e. The Morgan fingerprint density at radius 2 is 1.94 bits per heavy atom. The van der Waals surface area contributed by atoms with Gasteiger partial charge in [-0.2, -0.15) is 0 Å². The number of nitrogens with zero attached hydrogens (tertiary/aromatic N) is 1. The van der Waals surface area contributed by atoms with Crippen LogP contribution in [0, 0.1) is 11.8 Å². The maximum Gasteiger partial charge on any atom is 0.140 e. The largest absolute Gasteiger partial charge is 0.330 e. The lowest BCUT2D eigenvalue weighted by Gasteiger charge is -2.11. The van der Waals surface area contributed by atoms with Crippen molar-refractivity contribution < 1.29 is 4.39 Å². The Bertz CT molecular complexity index is 242. The molecule has 0 bridgehead atoms. The van der Waals surface area contributed by atoms with Crippen molar-refractivity contribution in [2.45, 2.75) is 40.5 Å². The number of allylic oxidation sites excluding steroid dienone is 2. The maximum absolute atomic E-state index is 13.8. The molecule has 2 N–H and O–H groups in total. The summed E-state index contributed by atoms with van der Waals surface area (Å²) in [5.41, 5.74) is 6.27. The van der Waals surface area contributed by atoms with Crippen LogP contribution in [0.5, 0.6) is 0 Å². The van der Waals surface area contributed by atoms with E-state index in [0.717, 1.165) is 18.4 Å². The summed E-state index contributed by atoms with van der Waals surface area (Å²) in [6.07, 6.45) is 2.93. The second-order valence-corrected chi connectivity index (χ2v) is 4.81. The summed E-state index contributed by atoms with van der Waals surface area (Å²) in [6.45, 7) is 9.42. The topological polar surface area (TPSA) is 38.4 Å². The molecule has 16 heavy (non-hydrogen) atoms. The highest BCUT2D eigenvalue weighted by atomic mass is 19.1. The fourth-order valence-corrected chi connectivity index (χ4v) is 1.40. The molecule has 3 heteroatoms. The van der Waals surface area contributed by atoms with Crippen LogP contribution in [-0.4, -0.2) is 19.3 Å². The van der Waals surface area contributed by atoms with Crippen molar-refractivity contribution in [3.05, 3.63) is 11.4 Å². The third-order valence-corrected chi connectivity index (χ3v) is 2.33. The molecule has 0 aliphatic rings. The van der Waals surface area contributed by atoms with Gasteiger partial charge in [0.05, 0.1) is 6.21 Å². The zero-order valence-corrected chi connectivity index (χ0v) is 11.0. The molecule has 0 unspecified atom stereocenters. The number of hydrogen-bond donors (Lipinski definition) is 1. The highest BCUT2D eigenvalue weighted by Gasteiger charge is 2.08. The first kappa shape index (κ1) is 15.3. The first-order valence-electron chi connectivity index (χ1n) is 6.07. The van der Waals surface area contributed by atoms with Gasteiger partial charge in [-0.25, -0.2) is 4.39 Å². The summed E-state index contributed by atoms with van der Waals surface area (Å²) in [5.74, 6) is 0.511. The van der Waals surface area contributed by atoms with Crippen molar-refractivity contribution in [2.75, 3.05) is 13.1 Å². The summed E-state index contributed by atoms with van der Waals surface area (Å²) in [7, 11) is 0. The maximum atomic E-state index is 13.8. The molecule has 0 saturated heterocycles. The minimum atomic E-state index is -0.177. The average molecular weight is 228 g/mol. The predicted octanol–water partition coefficient (Wildman–Crippen LogP) is 3.33. The lowest BCUT2D eigenvalue weighted by Crippen LogP contribution is -2.04. The van der Waals surface area contributed by atoms with Gasteiger partial charge < -0.3 is 5.73 Å². The van der Waals surface area contributed by atoms with Crippen molar-refractivity contribution in [1.82, 2.24) is 0 Å². The van der Waals surface area contributed by atoms with E-state index in [1.807, 2.05) is 13.8 Å². The van der Waals surface area contributed by atoms with Crippen LogP contribution in [0.2, 0.25) is 0 Å². The van der Waals surface area contributed by atoms with Gasteiger partial charge >= 0.3 is 0 Å². The van der Waals surface area contributed by atoms with E-state index in [-0.39, 0.29) is 11.7 Å². The number of aliphatic imine (C=N–C) groups is 1. The minimum Gasteiger partial charge on any atom is -0.330 e. The summed E-state index contributed by atoms with van der Waals surface area (Å²) >= 11 is 0. The van der Waals surface area contributed by atoms with Crippen LogP contribution in [0.25, 0.3) is 0 Å². The zero-order chi connectivity index (χ0) is 12.6. The third-order valence-electron chi connectivity index (χ3n) is 2.33. The number of hydrogen-bond acceptors (Lipinski definition) is 2. The second kappa shape index (κ2) is 8.45. The van der Waals surface area contributed by atoms with Gasteiger partial charge in [0.1, 0.15) is 5.83 Å². The molecule has 0 atom stereocenters. The molecule has 0 aromatic carbocycles. The molecule has 0 radical (unpaired) electrons. The van der Waals surface area contributed by atoms with Crippen LogP contribution in [0.4, 0.5) is 4.39 Å². The quantitative estimate of drug-likeness (QED) is 0.667. The van der Waals surface area contributed by atoms with Crippen LogP contribution in [0.1, 0.15) is 40.5 Å². The van der Waals surface area contributed by atoms with Crippen LogP contribution in [0.15, 0.2) is 16.4 Å². The Morgan fingerprint density at radius 3 is 2.38 bits per heavy atom. The van der Waals surface area contributed by atoms with Crippen molar-refractivity contribution in [2.24, 2.45) is 22.6 Å². The molecule has 0 aliphatic carbocycles. The predicted molar refractivity (Wildman–Crippen MR) is 69.5 cm³/mol. The van der Waals surface area contributed by atoms with E-state index >= 15 is 0 Å². The van der Waals surface area contributed by atoms with Crippen molar-refractivity contribution in [1.29, 1.82) is 0 Å². The van der Waals surface area contributed by atoms with Crippen molar-refractivity contribution >= 4 is 6.21 Å². The van der Waals surface area contributed by atoms with Gasteiger partial charge in [0.25, 0.3) is 0 Å². The van der Waals surface area contributed by atoms with E-state index in [9.17, 15) is 4.39 Å². The molecule has 0 heterocycles. The SMILES string of the molecule is CC(C)CN=C/C(F)=C(\CCCN)C(C)C. The average Bonchev–Trinajstić information content (AvgIpc) is 2.17. The monoisotopic (exact) mass is 228 g/mol. The first-order chi connectivity index (χ1) is 7.49. The Morgan fingerprint density at radius 1 is 1.31 bits per heavy atom. The molecule has 0 aromatic rings. The lowest BCUT2D eigenvalue weighted by molar-refractivity contribution is 0.600. The molecule has 0 aromatic heterocycles. The summed E-state index contributed by atoms with van der Waals surface area (Å²) in [4.78, 5) is 4.09. The molecule has 0 fully saturated rings. The normalized spacial score (nSPS) is 14.0. The Hall–Kier alpha value is -0.700. The Labute approximate surface area is 98.8 Å². The third kappa shape index (κ3) is 6.72. The van der Waals surface area contributed by atoms with E-state index in [1.54, 1.807) is 0 Å². The molecule has 0 rings (SSSR count). The highest BCUT2D eigenvalue weighted by molar-refractivity contribution is 5.76. The van der Waals surface area contributed by atoms with Gasteiger partial charge in [0.15, 0.2) is 0 Å². The first-order valence-corrected chi connectivity index (χ1v) is 6.07. The summed E-state index contributed by atoms with van der Waals surface area (Å²) < 4.78 is 13.8. The van der Waals surface area contributed by atoms with Crippen LogP contribution >= 0.6 is 0 Å². The van der Waals surface area contributed by atoms with E-state index in [4.69, 9.17) is 5.73 Å². The van der Waals surface area contributed by atoms with Gasteiger partial charge in [-0.15, -0.1) is 0 Å². The number of rotatable bonds is 7. The molecular formula is C13H25FN2. The van der Waals surface area contributed by atoms with Crippen LogP contribution in [-0.2, 0) is 0 Å². The second-order valence-electron chi connectivity index (χ2n) is 4.81. The molecule has 0 aliphatic heterocycles. The van der Waals surface area contributed by atoms with Crippen molar-refractivity contribution in [3.63, 3.8) is 0 Å². The van der Waals surface area contributed by atoms with Gasteiger partial charge in [-0.3, -0.25) is 4.99 Å². The molecule has 0 spiro atoms. The minimum absolute atomic E-state index is 0.177. The van der Waals surface area contributed by atoms with Crippen LogP contribution < -0.4 is 5.73 Å². The highest BCUT2D eigenvalue weighted by Crippen LogP contribution is 2.20. The number of halogens is 1. The van der Waals surface area contributed by atoms with E-state index in [2.05, 4.69) is 18.8 Å². The van der Waals surface area contributed by atoms with E-state index in [0.29, 0.717) is 19.0 Å².